The van der Waals surface area contributed by atoms with Crippen LogP contribution in [0.3, 0.4) is 0 Å². The van der Waals surface area contributed by atoms with Gasteiger partial charge in [0.05, 0.1) is 6.20 Å². The Kier molecular flexibility index (Phi) is 6.12. The third-order valence-corrected chi connectivity index (χ3v) is 6.94. The number of anilines is 1. The molecule has 3 aliphatic rings. The van der Waals surface area contributed by atoms with Crippen molar-refractivity contribution in [2.24, 2.45) is 13.0 Å². The number of halogens is 1. The van der Waals surface area contributed by atoms with E-state index in [0.717, 1.165) is 37.2 Å². The number of benzene rings is 1. The molecule has 9 heteroatoms. The molecule has 0 spiro atoms. The maximum Gasteiger partial charge on any atom is 0.243 e. The average molecular weight is 443 g/mol. The molecule has 1 aliphatic carbocycles. The van der Waals surface area contributed by atoms with E-state index in [1.165, 1.54) is 0 Å². The van der Waals surface area contributed by atoms with Gasteiger partial charge in [0.2, 0.25) is 5.91 Å². The summed E-state index contributed by atoms with van der Waals surface area (Å²) in [6.45, 7) is 1.92. The summed E-state index contributed by atoms with van der Waals surface area (Å²) in [4.78, 5) is 13.1. The van der Waals surface area contributed by atoms with Crippen molar-refractivity contribution in [2.75, 3.05) is 18.4 Å². The molecule has 5 unspecified atom stereocenters. The number of carbonyl (C=O) groups excluding carboxylic acids is 1. The summed E-state index contributed by atoms with van der Waals surface area (Å²) in [6.07, 6.45) is 5.77. The summed E-state index contributed by atoms with van der Waals surface area (Å²) in [5.41, 5.74) is 7.85. The molecule has 3 heterocycles. The molecule has 1 amide bonds. The SMILES string of the molecule is Cn1cc(C2CC3C(CC2F)NNC3C(=O)Nc2cccc(OC3CCNCC3)c2)cn1. The van der Waals surface area contributed by atoms with Crippen LogP contribution in [-0.4, -0.2) is 53.1 Å². The molecule has 1 aromatic carbocycles. The molecule has 0 radical (unpaired) electrons. The van der Waals surface area contributed by atoms with Crippen molar-refractivity contribution in [1.82, 2.24) is 25.9 Å². The second-order valence-corrected chi connectivity index (χ2v) is 9.16. The molecular formula is C23H31FN6O2. The van der Waals surface area contributed by atoms with Gasteiger partial charge in [0.15, 0.2) is 0 Å². The average Bonchev–Trinajstić information content (AvgIpc) is 3.40. The Bertz CT molecular complexity index is 946. The topological polar surface area (TPSA) is 92.2 Å². The lowest BCUT2D eigenvalue weighted by molar-refractivity contribution is -0.119. The standard InChI is InChI=1S/C23H31FN6O2/c1-30-13-14(12-26-30)18-10-19-21(11-20(18)24)28-29-22(19)23(31)27-15-3-2-4-17(9-15)32-16-5-7-25-8-6-16/h2-4,9,12-13,16,18-22,25,28-29H,5-8,10-11H2,1H3,(H,27,31). The van der Waals surface area contributed by atoms with E-state index < -0.39 is 12.2 Å². The number of amides is 1. The number of aromatic nitrogens is 2. The molecule has 0 bridgehead atoms. The van der Waals surface area contributed by atoms with Crippen molar-refractivity contribution < 1.29 is 13.9 Å². The van der Waals surface area contributed by atoms with Crippen molar-refractivity contribution in [1.29, 1.82) is 0 Å². The number of rotatable bonds is 5. The van der Waals surface area contributed by atoms with Crippen molar-refractivity contribution in [3.63, 3.8) is 0 Å². The lowest BCUT2D eigenvalue weighted by atomic mass is 9.73. The first-order valence-electron chi connectivity index (χ1n) is 11.5. The van der Waals surface area contributed by atoms with Gasteiger partial charge in [-0.15, -0.1) is 0 Å². The van der Waals surface area contributed by atoms with E-state index in [9.17, 15) is 9.18 Å². The van der Waals surface area contributed by atoms with E-state index in [-0.39, 0.29) is 29.9 Å². The predicted molar refractivity (Wildman–Crippen MR) is 119 cm³/mol. The van der Waals surface area contributed by atoms with E-state index in [2.05, 4.69) is 26.6 Å². The molecule has 2 aromatic rings. The van der Waals surface area contributed by atoms with Crippen molar-refractivity contribution in [3.05, 3.63) is 42.2 Å². The minimum atomic E-state index is -0.958. The van der Waals surface area contributed by atoms with E-state index in [1.807, 2.05) is 37.5 Å². The Labute approximate surface area is 187 Å². The number of piperidine rings is 1. The van der Waals surface area contributed by atoms with Crippen LogP contribution in [0.25, 0.3) is 0 Å². The van der Waals surface area contributed by atoms with Crippen LogP contribution in [0, 0.1) is 5.92 Å². The highest BCUT2D eigenvalue weighted by Gasteiger charge is 2.47. The van der Waals surface area contributed by atoms with Crippen LogP contribution in [0.5, 0.6) is 5.75 Å². The third kappa shape index (κ3) is 4.51. The van der Waals surface area contributed by atoms with Gasteiger partial charge >= 0.3 is 0 Å². The Morgan fingerprint density at radius 3 is 2.88 bits per heavy atom. The van der Waals surface area contributed by atoms with Gasteiger partial charge in [-0.2, -0.15) is 5.10 Å². The van der Waals surface area contributed by atoms with Gasteiger partial charge in [0.1, 0.15) is 24.1 Å². The Morgan fingerprint density at radius 1 is 1.25 bits per heavy atom. The summed E-state index contributed by atoms with van der Waals surface area (Å²) in [7, 11) is 1.83. The summed E-state index contributed by atoms with van der Waals surface area (Å²) in [5, 5.41) is 10.5. The van der Waals surface area contributed by atoms with Gasteiger partial charge in [0, 0.05) is 42.9 Å². The molecule has 5 atom stereocenters. The maximum absolute atomic E-state index is 14.9. The molecule has 8 nitrogen and oxygen atoms in total. The molecule has 2 saturated heterocycles. The first-order chi connectivity index (χ1) is 15.6. The number of carbonyl (C=O) groups is 1. The number of aryl methyl sites for hydroxylation is 1. The minimum absolute atomic E-state index is 0.00128. The molecule has 1 saturated carbocycles. The minimum Gasteiger partial charge on any atom is -0.490 e. The number of nitrogens with one attached hydrogen (secondary N) is 4. The molecule has 2 aliphatic heterocycles. The number of fused-ring (bicyclic) bond motifs is 1. The van der Waals surface area contributed by atoms with Gasteiger partial charge in [-0.25, -0.2) is 9.82 Å². The first-order valence-corrected chi connectivity index (χ1v) is 11.5. The highest BCUT2D eigenvalue weighted by molar-refractivity contribution is 5.95. The highest BCUT2D eigenvalue weighted by Crippen LogP contribution is 2.41. The summed E-state index contributed by atoms with van der Waals surface area (Å²) < 4.78 is 22.7. The first kappa shape index (κ1) is 21.4. The van der Waals surface area contributed by atoms with Gasteiger partial charge < -0.3 is 15.4 Å². The predicted octanol–water partition coefficient (Wildman–Crippen LogP) is 1.87. The van der Waals surface area contributed by atoms with E-state index in [0.29, 0.717) is 18.5 Å². The fraction of sp³-hybridized carbons (Fsp3) is 0.565. The number of ether oxygens (including phenoxy) is 1. The normalized spacial score (nSPS) is 30.6. The Balaban J connectivity index is 1.24. The number of nitrogens with zero attached hydrogens (tertiary/aromatic N) is 2. The third-order valence-electron chi connectivity index (χ3n) is 6.94. The summed E-state index contributed by atoms with van der Waals surface area (Å²) in [6, 6.07) is 7.05. The zero-order valence-electron chi connectivity index (χ0n) is 18.3. The molecular weight excluding hydrogens is 411 g/mol. The fourth-order valence-corrected chi connectivity index (χ4v) is 5.23. The summed E-state index contributed by atoms with van der Waals surface area (Å²) >= 11 is 0. The number of hydrogen-bond acceptors (Lipinski definition) is 6. The molecule has 32 heavy (non-hydrogen) atoms. The monoisotopic (exact) mass is 442 g/mol. The second-order valence-electron chi connectivity index (χ2n) is 9.16. The van der Waals surface area contributed by atoms with Crippen LogP contribution >= 0.6 is 0 Å². The van der Waals surface area contributed by atoms with Crippen molar-refractivity contribution in [3.8, 4) is 5.75 Å². The van der Waals surface area contributed by atoms with Crippen molar-refractivity contribution in [2.45, 2.75) is 56.0 Å². The molecule has 172 valence electrons. The van der Waals surface area contributed by atoms with Crippen molar-refractivity contribution >= 4 is 11.6 Å². The van der Waals surface area contributed by atoms with Gasteiger partial charge in [-0.05, 0) is 56.5 Å². The van der Waals surface area contributed by atoms with Crippen LogP contribution in [0.15, 0.2) is 36.7 Å². The molecule has 4 N–H and O–H groups in total. The van der Waals surface area contributed by atoms with Crippen LogP contribution in [-0.2, 0) is 11.8 Å². The second kappa shape index (κ2) is 9.17. The Hall–Kier alpha value is -2.49. The zero-order chi connectivity index (χ0) is 22.1. The van der Waals surface area contributed by atoms with Crippen LogP contribution in [0.1, 0.15) is 37.2 Å². The van der Waals surface area contributed by atoms with Crippen LogP contribution in [0.4, 0.5) is 10.1 Å². The van der Waals surface area contributed by atoms with Crippen LogP contribution in [0.2, 0.25) is 0 Å². The molecule has 5 rings (SSSR count). The zero-order valence-corrected chi connectivity index (χ0v) is 18.3. The number of alkyl halides is 1. The Morgan fingerprint density at radius 2 is 2.09 bits per heavy atom. The lowest BCUT2D eigenvalue weighted by Gasteiger charge is -2.35. The highest BCUT2D eigenvalue weighted by atomic mass is 19.1. The maximum atomic E-state index is 14.9. The van der Waals surface area contributed by atoms with E-state index in [4.69, 9.17) is 4.74 Å². The van der Waals surface area contributed by atoms with Gasteiger partial charge in [-0.1, -0.05) is 6.07 Å². The van der Waals surface area contributed by atoms with Gasteiger partial charge in [0.25, 0.3) is 0 Å². The van der Waals surface area contributed by atoms with E-state index >= 15 is 0 Å². The quantitative estimate of drug-likeness (QED) is 0.565. The van der Waals surface area contributed by atoms with Crippen LogP contribution < -0.4 is 26.2 Å². The molecule has 3 fully saturated rings. The van der Waals surface area contributed by atoms with Gasteiger partial charge in [-0.3, -0.25) is 14.9 Å². The lowest BCUT2D eigenvalue weighted by Crippen LogP contribution is -2.43. The largest absolute Gasteiger partial charge is 0.490 e. The summed E-state index contributed by atoms with van der Waals surface area (Å²) in [5.74, 6) is 0.399. The van der Waals surface area contributed by atoms with E-state index in [1.54, 1.807) is 10.9 Å². The fourth-order valence-electron chi connectivity index (χ4n) is 5.23. The molecule has 1 aromatic heterocycles. The number of hydrazine groups is 1. The number of hydrogen-bond donors (Lipinski definition) is 4. The smallest absolute Gasteiger partial charge is 0.243 e.